The summed E-state index contributed by atoms with van der Waals surface area (Å²) in [5.41, 5.74) is 2.08. The third kappa shape index (κ3) is 3.94. The number of aromatic nitrogens is 1. The molecule has 0 radical (unpaired) electrons. The number of carbonyl (C=O) groups excluding carboxylic acids is 1. The number of hydrogen-bond donors (Lipinski definition) is 1. The molecule has 2 aliphatic heterocycles. The molecule has 3 heterocycles. The fraction of sp³-hybridized carbons (Fsp3) is 0.192. The van der Waals surface area contributed by atoms with Crippen LogP contribution in [0, 0.1) is 5.41 Å². The predicted molar refractivity (Wildman–Crippen MR) is 130 cm³/mol. The number of para-hydroxylation sites is 3. The van der Waals surface area contributed by atoms with Gasteiger partial charge in [-0.25, -0.2) is 0 Å². The zero-order chi connectivity index (χ0) is 23.7. The number of aryl methyl sites for hydroxylation is 1. The van der Waals surface area contributed by atoms with Crippen LogP contribution < -0.4 is 9.47 Å². The molecule has 0 saturated heterocycles. The zero-order valence-corrected chi connectivity index (χ0v) is 18.9. The van der Waals surface area contributed by atoms with Crippen molar-refractivity contribution in [2.24, 2.45) is 4.99 Å². The van der Waals surface area contributed by atoms with Gasteiger partial charge in [0.25, 0.3) is 5.91 Å². The molecular formula is C26H24N4O4. The van der Waals surface area contributed by atoms with Crippen molar-refractivity contribution in [3.05, 3.63) is 77.7 Å². The summed E-state index contributed by atoms with van der Waals surface area (Å²) >= 11 is 0. The topological polar surface area (TPSA) is 89.1 Å². The molecule has 8 heteroatoms. The Labute approximate surface area is 196 Å². The van der Waals surface area contributed by atoms with E-state index in [-0.39, 0.29) is 11.4 Å². The third-order valence-electron chi connectivity index (χ3n) is 5.67. The maximum atomic E-state index is 12.7. The van der Waals surface area contributed by atoms with Crippen molar-refractivity contribution in [3.8, 4) is 11.5 Å². The van der Waals surface area contributed by atoms with Gasteiger partial charge in [-0.2, -0.15) is 4.99 Å². The highest BCUT2D eigenvalue weighted by molar-refractivity contribution is 6.32. The smallest absolute Gasteiger partial charge is 0.282 e. The number of hydroxylamine groups is 2. The van der Waals surface area contributed by atoms with E-state index in [1.807, 2.05) is 54.7 Å². The van der Waals surface area contributed by atoms with E-state index in [2.05, 4.69) is 9.56 Å². The summed E-state index contributed by atoms with van der Waals surface area (Å²) in [6.07, 6.45) is 6.13. The molecule has 0 spiro atoms. The first kappa shape index (κ1) is 21.5. The SMILES string of the molecule is COc1ccccc1OCCCn1cc(/C=C2\C(=N)N3OC(C)=CC3=NC2=O)c2ccccc21. The van der Waals surface area contributed by atoms with Crippen LogP contribution in [0.25, 0.3) is 17.0 Å². The van der Waals surface area contributed by atoms with Crippen LogP contribution in [0.15, 0.2) is 77.1 Å². The molecule has 34 heavy (non-hydrogen) atoms. The molecule has 0 saturated carbocycles. The van der Waals surface area contributed by atoms with Gasteiger partial charge < -0.3 is 18.9 Å². The second-order valence-corrected chi connectivity index (χ2v) is 7.97. The number of allylic oxidation sites excluding steroid dienone is 1. The van der Waals surface area contributed by atoms with Gasteiger partial charge in [0, 0.05) is 35.3 Å². The lowest BCUT2D eigenvalue weighted by atomic mass is 10.1. The number of amidine groups is 2. The van der Waals surface area contributed by atoms with Gasteiger partial charge in [-0.15, -0.1) is 5.06 Å². The Balaban J connectivity index is 1.36. The Bertz CT molecular complexity index is 1380. The van der Waals surface area contributed by atoms with Crippen molar-refractivity contribution in [2.45, 2.75) is 19.9 Å². The molecule has 2 aromatic carbocycles. The zero-order valence-electron chi connectivity index (χ0n) is 18.9. The third-order valence-corrected chi connectivity index (χ3v) is 5.67. The first-order valence-corrected chi connectivity index (χ1v) is 11.0. The standard InChI is InChI=1S/C26H24N4O4/c1-17-14-24-28-26(31)20(25(27)30(24)34-17)15-18-16-29(21-9-4-3-8-19(18)21)12-7-13-33-23-11-6-5-10-22(23)32-2/h3-6,8-11,14-16,27H,7,12-13H2,1-2H3/b20-15+,27-25?. The molecule has 0 aliphatic carbocycles. The van der Waals surface area contributed by atoms with Gasteiger partial charge in [-0.05, 0) is 37.6 Å². The van der Waals surface area contributed by atoms with E-state index in [0.717, 1.165) is 35.2 Å². The normalized spacial score (nSPS) is 16.4. The summed E-state index contributed by atoms with van der Waals surface area (Å²) in [4.78, 5) is 22.3. The molecule has 5 rings (SSSR count). The largest absolute Gasteiger partial charge is 0.493 e. The Morgan fingerprint density at radius 3 is 2.71 bits per heavy atom. The Kier molecular flexibility index (Phi) is 5.63. The van der Waals surface area contributed by atoms with Crippen LogP contribution in [0.5, 0.6) is 11.5 Å². The van der Waals surface area contributed by atoms with Crippen molar-refractivity contribution in [1.29, 1.82) is 5.41 Å². The van der Waals surface area contributed by atoms with Crippen molar-refractivity contribution in [3.63, 3.8) is 0 Å². The van der Waals surface area contributed by atoms with E-state index < -0.39 is 5.91 Å². The molecule has 1 N–H and O–H groups in total. The maximum absolute atomic E-state index is 12.7. The first-order valence-electron chi connectivity index (χ1n) is 11.0. The molecule has 0 atom stereocenters. The quantitative estimate of drug-likeness (QED) is 0.416. The number of aliphatic imine (C=N–C) groups is 1. The van der Waals surface area contributed by atoms with Crippen molar-refractivity contribution in [2.75, 3.05) is 13.7 Å². The summed E-state index contributed by atoms with van der Waals surface area (Å²) in [6, 6.07) is 15.6. The molecule has 0 fully saturated rings. The van der Waals surface area contributed by atoms with Crippen LogP contribution in [-0.2, 0) is 16.2 Å². The van der Waals surface area contributed by atoms with E-state index in [9.17, 15) is 4.79 Å². The minimum absolute atomic E-state index is 0.0230. The first-order chi connectivity index (χ1) is 16.5. The van der Waals surface area contributed by atoms with E-state index in [4.69, 9.17) is 19.7 Å². The number of fused-ring (bicyclic) bond motifs is 2. The molecule has 172 valence electrons. The average molecular weight is 457 g/mol. The fourth-order valence-electron chi connectivity index (χ4n) is 4.09. The highest BCUT2D eigenvalue weighted by atomic mass is 16.7. The maximum Gasteiger partial charge on any atom is 0.282 e. The molecule has 0 bridgehead atoms. The average Bonchev–Trinajstić information content (AvgIpc) is 3.39. The number of ether oxygens (including phenoxy) is 2. The minimum Gasteiger partial charge on any atom is -0.493 e. The Hall–Kier alpha value is -4.33. The number of hydrogen-bond acceptors (Lipinski definition) is 5. The number of benzene rings is 2. The number of nitrogens with zero attached hydrogens (tertiary/aromatic N) is 3. The number of carbonyl (C=O) groups is 1. The lowest BCUT2D eigenvalue weighted by molar-refractivity contribution is -0.114. The van der Waals surface area contributed by atoms with Gasteiger partial charge in [-0.1, -0.05) is 30.3 Å². The van der Waals surface area contributed by atoms with Crippen LogP contribution >= 0.6 is 0 Å². The monoisotopic (exact) mass is 456 g/mol. The van der Waals surface area contributed by atoms with Gasteiger partial charge in [0.1, 0.15) is 5.76 Å². The van der Waals surface area contributed by atoms with E-state index in [0.29, 0.717) is 24.0 Å². The van der Waals surface area contributed by atoms with Gasteiger partial charge in [0.15, 0.2) is 23.2 Å². The predicted octanol–water partition coefficient (Wildman–Crippen LogP) is 4.57. The van der Waals surface area contributed by atoms with E-state index in [1.54, 1.807) is 26.2 Å². The van der Waals surface area contributed by atoms with Gasteiger partial charge in [0.2, 0.25) is 0 Å². The molecule has 3 aromatic rings. The second kappa shape index (κ2) is 8.90. The van der Waals surface area contributed by atoms with Crippen LogP contribution in [0.3, 0.4) is 0 Å². The molecule has 1 amide bonds. The van der Waals surface area contributed by atoms with Gasteiger partial charge >= 0.3 is 0 Å². The van der Waals surface area contributed by atoms with Gasteiger partial charge in [0.05, 0.1) is 19.3 Å². The van der Waals surface area contributed by atoms with Crippen LogP contribution in [0.1, 0.15) is 18.9 Å². The van der Waals surface area contributed by atoms with Crippen molar-refractivity contribution < 1.29 is 19.1 Å². The highest BCUT2D eigenvalue weighted by Crippen LogP contribution is 2.28. The van der Waals surface area contributed by atoms with E-state index >= 15 is 0 Å². The summed E-state index contributed by atoms with van der Waals surface area (Å²) in [5, 5.41) is 10.7. The summed E-state index contributed by atoms with van der Waals surface area (Å²) < 4.78 is 13.4. The molecule has 1 aromatic heterocycles. The molecular weight excluding hydrogens is 432 g/mol. The number of rotatable bonds is 7. The highest BCUT2D eigenvalue weighted by Gasteiger charge is 2.34. The summed E-state index contributed by atoms with van der Waals surface area (Å²) in [6.45, 7) is 3.01. The number of amides is 1. The summed E-state index contributed by atoms with van der Waals surface area (Å²) in [5.74, 6) is 1.88. The minimum atomic E-state index is -0.451. The van der Waals surface area contributed by atoms with Crippen molar-refractivity contribution in [1.82, 2.24) is 9.63 Å². The number of nitrogens with one attached hydrogen (secondary N) is 1. The Morgan fingerprint density at radius 1 is 1.12 bits per heavy atom. The van der Waals surface area contributed by atoms with Crippen LogP contribution in [-0.4, -0.2) is 40.9 Å². The summed E-state index contributed by atoms with van der Waals surface area (Å²) in [7, 11) is 1.63. The number of methoxy groups -OCH3 is 1. The fourth-order valence-corrected chi connectivity index (χ4v) is 4.09. The molecule has 2 aliphatic rings. The van der Waals surface area contributed by atoms with Crippen LogP contribution in [0.2, 0.25) is 0 Å². The second-order valence-electron chi connectivity index (χ2n) is 7.97. The molecule has 0 unspecified atom stereocenters. The van der Waals surface area contributed by atoms with Gasteiger partial charge in [-0.3, -0.25) is 10.2 Å². The molecule has 8 nitrogen and oxygen atoms in total. The lowest BCUT2D eigenvalue weighted by Crippen LogP contribution is -2.38. The van der Waals surface area contributed by atoms with E-state index in [1.165, 1.54) is 5.06 Å². The van der Waals surface area contributed by atoms with Crippen molar-refractivity contribution >= 4 is 34.6 Å². The lowest BCUT2D eigenvalue weighted by Gasteiger charge is -2.22. The van der Waals surface area contributed by atoms with Crippen LogP contribution in [0.4, 0.5) is 0 Å². The Morgan fingerprint density at radius 2 is 1.88 bits per heavy atom.